The quantitative estimate of drug-likeness (QED) is 0.0543. The van der Waals surface area contributed by atoms with Gasteiger partial charge in [0.15, 0.2) is 0 Å². The summed E-state index contributed by atoms with van der Waals surface area (Å²) in [5.74, 6) is -1.70. The van der Waals surface area contributed by atoms with Crippen molar-refractivity contribution in [2.24, 2.45) is 0 Å². The van der Waals surface area contributed by atoms with Crippen molar-refractivity contribution >= 4 is 11.9 Å². The van der Waals surface area contributed by atoms with Crippen molar-refractivity contribution < 1.29 is 19.4 Å². The van der Waals surface area contributed by atoms with Gasteiger partial charge in [0.2, 0.25) is 0 Å². The molecule has 38 heavy (non-hydrogen) atoms. The molecule has 0 saturated heterocycles. The first kappa shape index (κ1) is 36.7. The second-order valence-electron chi connectivity index (χ2n) is 11.4. The molecule has 0 aromatic rings. The van der Waals surface area contributed by atoms with Gasteiger partial charge in [-0.1, -0.05) is 180 Å². The molecule has 0 heterocycles. The van der Waals surface area contributed by atoms with Crippen LogP contribution in [-0.4, -0.2) is 23.7 Å². The molecule has 0 atom stereocenters. The number of esters is 1. The number of rotatable bonds is 31. The number of carboxylic acids is 1. The monoisotopic (exact) mass is 536 g/mol. The van der Waals surface area contributed by atoms with Crippen LogP contribution in [0.15, 0.2) is 12.2 Å². The molecule has 0 rings (SSSR count). The Bertz CT molecular complexity index is 529. The summed E-state index contributed by atoms with van der Waals surface area (Å²) < 4.78 is 4.96. The lowest BCUT2D eigenvalue weighted by Crippen LogP contribution is -2.03. The summed E-state index contributed by atoms with van der Waals surface area (Å²) in [5, 5.41) is 8.45. The van der Waals surface area contributed by atoms with Crippen LogP contribution in [0.1, 0.15) is 187 Å². The molecule has 1 N–H and O–H groups in total. The van der Waals surface area contributed by atoms with Gasteiger partial charge in [0.1, 0.15) is 0 Å². The van der Waals surface area contributed by atoms with E-state index in [9.17, 15) is 9.59 Å². The van der Waals surface area contributed by atoms with E-state index in [4.69, 9.17) is 9.84 Å². The van der Waals surface area contributed by atoms with E-state index >= 15 is 0 Å². The first-order valence-electron chi connectivity index (χ1n) is 16.7. The minimum atomic E-state index is -1.13. The average molecular weight is 537 g/mol. The van der Waals surface area contributed by atoms with Gasteiger partial charge in [0.05, 0.1) is 6.61 Å². The lowest BCUT2D eigenvalue weighted by molar-refractivity contribution is -0.138. The van der Waals surface area contributed by atoms with E-state index in [1.54, 1.807) is 0 Å². The third kappa shape index (κ3) is 32.7. The van der Waals surface area contributed by atoms with Crippen LogP contribution < -0.4 is 0 Å². The van der Waals surface area contributed by atoms with Gasteiger partial charge in [0, 0.05) is 12.2 Å². The Morgan fingerprint density at radius 2 is 0.711 bits per heavy atom. The molecule has 0 radical (unpaired) electrons. The fourth-order valence-electron chi connectivity index (χ4n) is 5.13. The van der Waals surface area contributed by atoms with Crippen molar-refractivity contribution in [3.05, 3.63) is 12.2 Å². The number of hydrogen-bond acceptors (Lipinski definition) is 3. The van der Waals surface area contributed by atoms with E-state index in [0.717, 1.165) is 25.0 Å². The molecule has 0 bridgehead atoms. The SMILES string of the molecule is CCCCCCCCCCCCCCCCCCCCCCCCCCCCCCOC(=O)/C=C/C(=O)O. The first-order valence-corrected chi connectivity index (χ1v) is 16.7. The Labute approximate surface area is 236 Å². The molecule has 0 aromatic heterocycles. The summed E-state index contributed by atoms with van der Waals surface area (Å²) in [6.45, 7) is 2.67. The van der Waals surface area contributed by atoms with Crippen LogP contribution in [0.4, 0.5) is 0 Å². The zero-order valence-electron chi connectivity index (χ0n) is 25.3. The predicted molar refractivity (Wildman–Crippen MR) is 163 cm³/mol. The van der Waals surface area contributed by atoms with Crippen molar-refractivity contribution in [1.29, 1.82) is 0 Å². The third-order valence-corrected chi connectivity index (χ3v) is 7.60. The molecule has 0 aromatic carbocycles. The van der Waals surface area contributed by atoms with E-state index in [2.05, 4.69) is 6.92 Å². The first-order chi connectivity index (χ1) is 18.7. The smallest absolute Gasteiger partial charge is 0.331 e. The Balaban J connectivity index is 3.09. The third-order valence-electron chi connectivity index (χ3n) is 7.60. The fraction of sp³-hybridized carbons (Fsp3) is 0.882. The lowest BCUT2D eigenvalue weighted by atomic mass is 10.0. The Morgan fingerprint density at radius 1 is 0.447 bits per heavy atom. The Kier molecular flexibility index (Phi) is 30.8. The molecule has 0 unspecified atom stereocenters. The molecular formula is C34H64O4. The number of unbranched alkanes of at least 4 members (excludes halogenated alkanes) is 27. The van der Waals surface area contributed by atoms with Gasteiger partial charge in [-0.3, -0.25) is 0 Å². The van der Waals surface area contributed by atoms with Crippen LogP contribution in [0, 0.1) is 0 Å². The van der Waals surface area contributed by atoms with E-state index in [-0.39, 0.29) is 0 Å². The van der Waals surface area contributed by atoms with Crippen molar-refractivity contribution in [1.82, 2.24) is 0 Å². The van der Waals surface area contributed by atoms with E-state index in [1.165, 1.54) is 167 Å². The van der Waals surface area contributed by atoms with Crippen LogP contribution >= 0.6 is 0 Å². The van der Waals surface area contributed by atoms with E-state index in [0.29, 0.717) is 6.61 Å². The number of carboxylic acid groups (broad SMARTS) is 1. The minimum Gasteiger partial charge on any atom is -0.478 e. The molecule has 224 valence electrons. The topological polar surface area (TPSA) is 63.6 Å². The van der Waals surface area contributed by atoms with Gasteiger partial charge < -0.3 is 9.84 Å². The van der Waals surface area contributed by atoms with Gasteiger partial charge in [-0.15, -0.1) is 0 Å². The standard InChI is InChI=1S/C34H64O4/c1-2-3-4-5-6-7-8-9-10-11-12-13-14-15-16-17-18-19-20-21-22-23-24-25-26-27-28-29-32-38-34(37)31-30-33(35)36/h30-31H,2-29,32H2,1H3,(H,35,36)/b31-30+. The fourth-order valence-corrected chi connectivity index (χ4v) is 5.13. The molecule has 0 aliphatic heterocycles. The summed E-state index contributed by atoms with van der Waals surface area (Å²) in [5.41, 5.74) is 0. The number of hydrogen-bond donors (Lipinski definition) is 1. The van der Waals surface area contributed by atoms with Crippen molar-refractivity contribution in [3.63, 3.8) is 0 Å². The van der Waals surface area contributed by atoms with E-state index in [1.807, 2.05) is 0 Å². The number of carbonyl (C=O) groups is 2. The van der Waals surface area contributed by atoms with Gasteiger partial charge in [-0.05, 0) is 6.42 Å². The highest BCUT2D eigenvalue weighted by atomic mass is 16.5. The van der Waals surface area contributed by atoms with Crippen LogP contribution in [0.2, 0.25) is 0 Å². The zero-order chi connectivity index (χ0) is 27.8. The van der Waals surface area contributed by atoms with Crippen LogP contribution in [0.3, 0.4) is 0 Å². The van der Waals surface area contributed by atoms with Crippen LogP contribution in [-0.2, 0) is 14.3 Å². The molecule has 0 aliphatic carbocycles. The molecule has 4 heteroatoms. The van der Waals surface area contributed by atoms with Gasteiger partial charge in [-0.2, -0.15) is 0 Å². The largest absolute Gasteiger partial charge is 0.478 e. The number of carbonyl (C=O) groups excluding carboxylic acids is 1. The zero-order valence-corrected chi connectivity index (χ0v) is 25.3. The molecule has 0 aliphatic rings. The second-order valence-corrected chi connectivity index (χ2v) is 11.4. The average Bonchev–Trinajstić information content (AvgIpc) is 2.91. The van der Waals surface area contributed by atoms with Crippen molar-refractivity contribution in [2.45, 2.75) is 187 Å². The highest BCUT2D eigenvalue weighted by Gasteiger charge is 1.99. The molecule has 0 amide bonds. The van der Waals surface area contributed by atoms with Gasteiger partial charge in [0.25, 0.3) is 0 Å². The molecule has 0 fully saturated rings. The minimum absolute atomic E-state index is 0.377. The predicted octanol–water partition coefficient (Wildman–Crippen LogP) is 11.1. The second kappa shape index (κ2) is 31.9. The lowest BCUT2D eigenvalue weighted by Gasteiger charge is -2.05. The highest BCUT2D eigenvalue weighted by molar-refractivity contribution is 5.90. The van der Waals surface area contributed by atoms with Gasteiger partial charge in [-0.25, -0.2) is 9.59 Å². The maximum atomic E-state index is 11.2. The Morgan fingerprint density at radius 3 is 0.974 bits per heavy atom. The number of aliphatic carboxylic acids is 1. The maximum Gasteiger partial charge on any atom is 0.331 e. The molecule has 4 nitrogen and oxygen atoms in total. The molecular weight excluding hydrogens is 472 g/mol. The van der Waals surface area contributed by atoms with Crippen LogP contribution in [0.5, 0.6) is 0 Å². The maximum absolute atomic E-state index is 11.2. The van der Waals surface area contributed by atoms with Crippen LogP contribution in [0.25, 0.3) is 0 Å². The molecule has 0 saturated carbocycles. The van der Waals surface area contributed by atoms with Crippen molar-refractivity contribution in [3.8, 4) is 0 Å². The summed E-state index contributed by atoms with van der Waals surface area (Å²) in [4.78, 5) is 21.5. The summed E-state index contributed by atoms with van der Waals surface area (Å²) in [6, 6.07) is 0. The highest BCUT2D eigenvalue weighted by Crippen LogP contribution is 2.16. The Hall–Kier alpha value is -1.32. The number of ether oxygens (including phenoxy) is 1. The normalized spacial score (nSPS) is 11.4. The van der Waals surface area contributed by atoms with E-state index < -0.39 is 11.9 Å². The van der Waals surface area contributed by atoms with Gasteiger partial charge >= 0.3 is 11.9 Å². The van der Waals surface area contributed by atoms with Crippen molar-refractivity contribution in [2.75, 3.05) is 6.61 Å². The summed E-state index contributed by atoms with van der Waals surface area (Å²) in [7, 11) is 0. The summed E-state index contributed by atoms with van der Waals surface area (Å²) in [6.07, 6.45) is 40.4. The molecule has 0 spiro atoms. The summed E-state index contributed by atoms with van der Waals surface area (Å²) >= 11 is 0.